The van der Waals surface area contributed by atoms with Gasteiger partial charge >= 0.3 is 0 Å². The third kappa shape index (κ3) is 4.80. The molecule has 0 saturated heterocycles. The lowest BCUT2D eigenvalue weighted by molar-refractivity contribution is -0.128. The van der Waals surface area contributed by atoms with Crippen LogP contribution in [0.3, 0.4) is 0 Å². The topological polar surface area (TPSA) is 84.7 Å². The van der Waals surface area contributed by atoms with Gasteiger partial charge in [-0.1, -0.05) is 23.9 Å². The molecule has 0 unspecified atom stereocenters. The van der Waals surface area contributed by atoms with E-state index in [0.29, 0.717) is 13.1 Å². The van der Waals surface area contributed by atoms with Gasteiger partial charge in [-0.25, -0.2) is 0 Å². The molecule has 0 aliphatic carbocycles. The Morgan fingerprint density at radius 1 is 1.67 bits per heavy atom. The van der Waals surface area contributed by atoms with E-state index in [1.807, 2.05) is 17.5 Å². The predicted octanol–water partition coefficient (Wildman–Crippen LogP) is 1.18. The average Bonchev–Trinajstić information content (AvgIpc) is 2.87. The van der Waals surface area contributed by atoms with E-state index in [0.717, 1.165) is 16.6 Å². The van der Waals surface area contributed by atoms with E-state index in [9.17, 15) is 4.79 Å². The fourth-order valence-corrected chi connectivity index (χ4v) is 2.51. The molecule has 1 aromatic heterocycles. The molecule has 4 N–H and O–H groups in total. The maximum atomic E-state index is 12.0. The van der Waals surface area contributed by atoms with Crippen molar-refractivity contribution in [3.05, 3.63) is 35.0 Å². The predicted molar refractivity (Wildman–Crippen MR) is 78.2 cm³/mol. The summed E-state index contributed by atoms with van der Waals surface area (Å²) in [6.45, 7) is 4.75. The second kappa shape index (κ2) is 7.78. The van der Waals surface area contributed by atoms with Gasteiger partial charge in [0.15, 0.2) is 5.17 Å². The van der Waals surface area contributed by atoms with Crippen LogP contribution < -0.4 is 11.6 Å². The number of amidine groups is 1. The first kappa shape index (κ1) is 14.6. The lowest BCUT2D eigenvalue weighted by Crippen LogP contribution is -2.32. The molecule has 0 fully saturated rings. The summed E-state index contributed by atoms with van der Waals surface area (Å²) in [6, 6.07) is 3.96. The Kier molecular flexibility index (Phi) is 6.31. The molecule has 0 atom stereocenters. The first-order chi connectivity index (χ1) is 8.67. The first-order valence-corrected chi connectivity index (χ1v) is 7.11. The first-order valence-electron chi connectivity index (χ1n) is 5.24. The maximum absolute atomic E-state index is 12.0. The van der Waals surface area contributed by atoms with Crippen molar-refractivity contribution in [3.63, 3.8) is 0 Å². The molecule has 0 radical (unpaired) electrons. The molecular formula is C11H16N4OS2. The van der Waals surface area contributed by atoms with Gasteiger partial charge in [-0.3, -0.25) is 4.79 Å². The number of nitrogens with zero attached hydrogens (tertiary/aromatic N) is 2. The normalized spacial score (nSPS) is 11.2. The van der Waals surface area contributed by atoms with Gasteiger partial charge < -0.3 is 16.5 Å². The van der Waals surface area contributed by atoms with Gasteiger partial charge in [0.2, 0.25) is 5.91 Å². The summed E-state index contributed by atoms with van der Waals surface area (Å²) in [4.78, 5) is 14.8. The van der Waals surface area contributed by atoms with Gasteiger partial charge in [-0.15, -0.1) is 17.9 Å². The van der Waals surface area contributed by atoms with E-state index >= 15 is 0 Å². The molecular weight excluding hydrogens is 268 g/mol. The van der Waals surface area contributed by atoms with Crippen LogP contribution in [0.1, 0.15) is 4.88 Å². The van der Waals surface area contributed by atoms with Crippen LogP contribution in [0.5, 0.6) is 0 Å². The van der Waals surface area contributed by atoms with Gasteiger partial charge in [0, 0.05) is 11.4 Å². The van der Waals surface area contributed by atoms with Crippen LogP contribution >= 0.6 is 23.1 Å². The zero-order chi connectivity index (χ0) is 13.4. The molecule has 7 heteroatoms. The highest BCUT2D eigenvalue weighted by Crippen LogP contribution is 2.13. The number of carbonyl (C=O) groups excluding carboxylic acids is 1. The number of thiophene rings is 1. The molecule has 0 saturated carbocycles. The molecule has 0 bridgehead atoms. The average molecular weight is 284 g/mol. The molecule has 1 rings (SSSR count). The zero-order valence-electron chi connectivity index (χ0n) is 9.91. The molecule has 1 aromatic rings. The van der Waals surface area contributed by atoms with E-state index in [4.69, 9.17) is 11.6 Å². The van der Waals surface area contributed by atoms with Crippen molar-refractivity contribution in [2.45, 2.75) is 6.54 Å². The summed E-state index contributed by atoms with van der Waals surface area (Å²) in [5.41, 5.74) is 5.43. The minimum Gasteiger partial charge on any atom is -0.377 e. The Labute approximate surface area is 115 Å². The number of rotatable bonds is 6. The highest BCUT2D eigenvalue weighted by Gasteiger charge is 2.13. The quantitative estimate of drug-likeness (QED) is 0.270. The monoisotopic (exact) mass is 284 g/mol. The standard InChI is InChI=1S/C11H16N4OS2/c1-2-5-15(7-9-4-3-6-17-9)10(16)8-18-11(12)14-13/h2-4,6H,1,5,7-8,13H2,(H2,12,14). The number of hydrogen-bond acceptors (Lipinski definition) is 5. The van der Waals surface area contributed by atoms with Crippen molar-refractivity contribution in [1.82, 2.24) is 4.90 Å². The number of thioether (sulfide) groups is 1. The summed E-state index contributed by atoms with van der Waals surface area (Å²) >= 11 is 2.75. The summed E-state index contributed by atoms with van der Waals surface area (Å²) in [7, 11) is 0. The molecule has 0 aliphatic heterocycles. The van der Waals surface area contributed by atoms with Crippen LogP contribution in [0.4, 0.5) is 0 Å². The Morgan fingerprint density at radius 2 is 2.44 bits per heavy atom. The van der Waals surface area contributed by atoms with Crippen LogP contribution in [0.15, 0.2) is 35.3 Å². The van der Waals surface area contributed by atoms with E-state index in [1.165, 1.54) is 0 Å². The van der Waals surface area contributed by atoms with E-state index in [2.05, 4.69) is 11.7 Å². The van der Waals surface area contributed by atoms with E-state index < -0.39 is 0 Å². The summed E-state index contributed by atoms with van der Waals surface area (Å²) in [6.07, 6.45) is 1.70. The van der Waals surface area contributed by atoms with Crippen molar-refractivity contribution in [2.75, 3.05) is 12.3 Å². The number of amides is 1. The van der Waals surface area contributed by atoms with Crippen LogP contribution in [-0.4, -0.2) is 28.3 Å². The van der Waals surface area contributed by atoms with Crippen molar-refractivity contribution in [1.29, 1.82) is 0 Å². The molecule has 5 nitrogen and oxygen atoms in total. The van der Waals surface area contributed by atoms with Gasteiger partial charge in [0.25, 0.3) is 0 Å². The maximum Gasteiger partial charge on any atom is 0.233 e. The molecule has 0 spiro atoms. The van der Waals surface area contributed by atoms with Gasteiger partial charge in [0.05, 0.1) is 12.3 Å². The SMILES string of the molecule is C=CCN(Cc1cccs1)C(=O)CSC(N)=NN. The second-order valence-electron chi connectivity index (χ2n) is 3.40. The Balaban J connectivity index is 2.55. The van der Waals surface area contributed by atoms with Crippen LogP contribution in [0.25, 0.3) is 0 Å². The van der Waals surface area contributed by atoms with E-state index in [-0.39, 0.29) is 16.8 Å². The minimum absolute atomic E-state index is 0.0140. The number of carbonyl (C=O) groups is 1. The lowest BCUT2D eigenvalue weighted by Gasteiger charge is -2.20. The van der Waals surface area contributed by atoms with Gasteiger partial charge in [-0.2, -0.15) is 5.10 Å². The fourth-order valence-electron chi connectivity index (χ4n) is 1.27. The molecule has 0 aromatic carbocycles. The zero-order valence-corrected chi connectivity index (χ0v) is 11.5. The highest BCUT2D eigenvalue weighted by molar-refractivity contribution is 8.14. The summed E-state index contributed by atoms with van der Waals surface area (Å²) in [5.74, 6) is 5.22. The summed E-state index contributed by atoms with van der Waals surface area (Å²) < 4.78 is 0. The lowest BCUT2D eigenvalue weighted by atomic mass is 10.4. The van der Waals surface area contributed by atoms with Crippen LogP contribution in [-0.2, 0) is 11.3 Å². The van der Waals surface area contributed by atoms with Crippen molar-refractivity contribution in [2.24, 2.45) is 16.7 Å². The highest BCUT2D eigenvalue weighted by atomic mass is 32.2. The smallest absolute Gasteiger partial charge is 0.233 e. The third-order valence-electron chi connectivity index (χ3n) is 2.10. The minimum atomic E-state index is -0.0140. The molecule has 1 amide bonds. The molecule has 98 valence electrons. The number of nitrogens with two attached hydrogens (primary N) is 2. The number of hydrogen-bond donors (Lipinski definition) is 2. The van der Waals surface area contributed by atoms with Crippen LogP contribution in [0, 0.1) is 0 Å². The van der Waals surface area contributed by atoms with Gasteiger partial charge in [0.1, 0.15) is 0 Å². The summed E-state index contributed by atoms with van der Waals surface area (Å²) in [5, 5.41) is 5.50. The van der Waals surface area contributed by atoms with Crippen molar-refractivity contribution >= 4 is 34.2 Å². The Hall–Kier alpha value is -1.47. The fraction of sp³-hybridized carbons (Fsp3) is 0.273. The Bertz CT molecular complexity index is 417. The van der Waals surface area contributed by atoms with Gasteiger partial charge in [-0.05, 0) is 11.4 Å². The third-order valence-corrected chi connectivity index (χ3v) is 3.75. The molecule has 0 aliphatic rings. The van der Waals surface area contributed by atoms with Crippen molar-refractivity contribution in [3.8, 4) is 0 Å². The molecule has 1 heterocycles. The Morgan fingerprint density at radius 3 is 3.00 bits per heavy atom. The second-order valence-corrected chi connectivity index (χ2v) is 5.43. The van der Waals surface area contributed by atoms with E-state index in [1.54, 1.807) is 22.3 Å². The number of hydrazone groups is 1. The van der Waals surface area contributed by atoms with Crippen molar-refractivity contribution < 1.29 is 4.79 Å². The largest absolute Gasteiger partial charge is 0.377 e. The molecule has 18 heavy (non-hydrogen) atoms. The van der Waals surface area contributed by atoms with Crippen LogP contribution in [0.2, 0.25) is 0 Å².